The Hall–Kier alpha value is -0.740. The van der Waals surface area contributed by atoms with Gasteiger partial charge in [-0.1, -0.05) is 34.5 Å². The van der Waals surface area contributed by atoms with E-state index in [1.165, 1.54) is 16.2 Å². The van der Waals surface area contributed by atoms with E-state index in [1.54, 1.807) is 23.5 Å². The van der Waals surface area contributed by atoms with E-state index >= 15 is 0 Å². The fourth-order valence-corrected chi connectivity index (χ4v) is 3.79. The summed E-state index contributed by atoms with van der Waals surface area (Å²) in [6, 6.07) is 7.55. The van der Waals surface area contributed by atoms with Crippen LogP contribution >= 0.6 is 45.9 Å². The van der Waals surface area contributed by atoms with Gasteiger partial charge in [0.05, 0.1) is 9.72 Å². The molecule has 0 radical (unpaired) electrons. The summed E-state index contributed by atoms with van der Waals surface area (Å²) >= 11 is 15.5. The third-order valence-corrected chi connectivity index (χ3v) is 5.13. The fraction of sp³-hybridized carbons (Fsp3) is 0.0769. The molecule has 3 rings (SSSR count). The second-order valence-electron chi connectivity index (χ2n) is 3.83. The molecule has 2 aromatic heterocycles. The van der Waals surface area contributed by atoms with Gasteiger partial charge in [-0.25, -0.2) is 0 Å². The first-order valence-corrected chi connectivity index (χ1v) is 7.69. The number of hydrogen-bond donors (Lipinski definition) is 0. The Morgan fingerprint density at radius 3 is 2.56 bits per heavy atom. The summed E-state index contributed by atoms with van der Waals surface area (Å²) in [5, 5.41) is 5.13. The molecule has 0 aliphatic carbocycles. The van der Waals surface area contributed by atoms with Gasteiger partial charge in [-0.3, -0.25) is 0 Å². The molecule has 0 N–H and O–H groups in total. The van der Waals surface area contributed by atoms with Crippen molar-refractivity contribution < 1.29 is 4.74 Å². The van der Waals surface area contributed by atoms with Crippen LogP contribution in [0.4, 0.5) is 0 Å². The molecule has 0 spiro atoms. The lowest BCUT2D eigenvalue weighted by Gasteiger charge is -1.96. The molecule has 18 heavy (non-hydrogen) atoms. The van der Waals surface area contributed by atoms with E-state index in [1.807, 2.05) is 17.5 Å². The van der Waals surface area contributed by atoms with Crippen molar-refractivity contribution in [3.05, 3.63) is 44.6 Å². The van der Waals surface area contributed by atoms with Crippen LogP contribution in [0.5, 0.6) is 10.8 Å². The van der Waals surface area contributed by atoms with E-state index in [9.17, 15) is 0 Å². The number of hydrogen-bond acceptors (Lipinski definition) is 3. The highest BCUT2D eigenvalue weighted by Gasteiger charge is 2.10. The summed E-state index contributed by atoms with van der Waals surface area (Å²) in [5.41, 5.74) is 0. The first kappa shape index (κ1) is 12.3. The molecule has 0 bridgehead atoms. The highest BCUT2D eigenvalue weighted by Crippen LogP contribution is 2.41. The van der Waals surface area contributed by atoms with Crippen molar-refractivity contribution >= 4 is 56.0 Å². The van der Waals surface area contributed by atoms with Crippen LogP contribution in [0.3, 0.4) is 0 Å². The predicted octanol–water partition coefficient (Wildman–Crippen LogP) is 6.37. The van der Waals surface area contributed by atoms with Crippen LogP contribution < -0.4 is 4.74 Å². The van der Waals surface area contributed by atoms with Crippen molar-refractivity contribution in [2.24, 2.45) is 0 Å². The number of halogens is 2. The summed E-state index contributed by atoms with van der Waals surface area (Å²) in [6.07, 6.45) is 0. The van der Waals surface area contributed by atoms with E-state index in [4.69, 9.17) is 27.9 Å². The van der Waals surface area contributed by atoms with Crippen LogP contribution in [0, 0.1) is 6.92 Å². The van der Waals surface area contributed by atoms with Gasteiger partial charge in [0.25, 0.3) is 0 Å². The van der Waals surface area contributed by atoms with Gasteiger partial charge in [0, 0.05) is 26.7 Å². The molecular weight excluding hydrogens is 307 g/mol. The Kier molecular flexibility index (Phi) is 3.24. The second-order valence-corrected chi connectivity index (χ2v) is 6.78. The lowest BCUT2D eigenvalue weighted by molar-refractivity contribution is 0.499. The van der Waals surface area contributed by atoms with Gasteiger partial charge >= 0.3 is 0 Å². The topological polar surface area (TPSA) is 9.23 Å². The van der Waals surface area contributed by atoms with Gasteiger partial charge in [-0.15, -0.1) is 11.3 Å². The maximum absolute atomic E-state index is 6.15. The number of ether oxygens (including phenoxy) is 1. The van der Waals surface area contributed by atoms with E-state index in [0.717, 1.165) is 20.9 Å². The van der Waals surface area contributed by atoms with Crippen LogP contribution in [0.15, 0.2) is 29.6 Å². The van der Waals surface area contributed by atoms with Crippen LogP contribution in [-0.4, -0.2) is 0 Å². The molecule has 0 fully saturated rings. The van der Waals surface area contributed by atoms with E-state index < -0.39 is 0 Å². The van der Waals surface area contributed by atoms with Gasteiger partial charge in [-0.2, -0.15) is 0 Å². The monoisotopic (exact) mass is 314 g/mol. The molecule has 2 heterocycles. The molecule has 1 aromatic carbocycles. The minimum atomic E-state index is 0.696. The lowest BCUT2D eigenvalue weighted by Crippen LogP contribution is -1.75. The van der Waals surface area contributed by atoms with Crippen LogP contribution in [-0.2, 0) is 0 Å². The Balaban J connectivity index is 2.03. The molecule has 0 saturated heterocycles. The first-order valence-electron chi connectivity index (χ1n) is 5.24. The summed E-state index contributed by atoms with van der Waals surface area (Å²) in [7, 11) is 0. The lowest BCUT2D eigenvalue weighted by atomic mass is 10.3. The zero-order chi connectivity index (χ0) is 12.7. The average molecular weight is 315 g/mol. The van der Waals surface area contributed by atoms with E-state index in [-0.39, 0.29) is 0 Å². The van der Waals surface area contributed by atoms with Gasteiger partial charge in [-0.05, 0) is 25.1 Å². The highest BCUT2D eigenvalue weighted by atomic mass is 35.5. The quantitative estimate of drug-likeness (QED) is 0.534. The number of aryl methyl sites for hydroxylation is 1. The SMILES string of the molecule is Cc1cc(Oc2cc3c(Cl)ccc(Cl)c3s2)cs1. The Labute approximate surface area is 123 Å². The molecule has 0 aliphatic heterocycles. The van der Waals surface area contributed by atoms with Crippen molar-refractivity contribution in [1.82, 2.24) is 0 Å². The molecule has 5 heteroatoms. The normalized spacial score (nSPS) is 11.1. The highest BCUT2D eigenvalue weighted by molar-refractivity contribution is 7.21. The van der Waals surface area contributed by atoms with Crippen LogP contribution in [0.1, 0.15) is 4.88 Å². The molecule has 92 valence electrons. The van der Waals surface area contributed by atoms with Crippen molar-refractivity contribution in [3.8, 4) is 10.8 Å². The number of fused-ring (bicyclic) bond motifs is 1. The van der Waals surface area contributed by atoms with Crippen molar-refractivity contribution in [3.63, 3.8) is 0 Å². The number of thiophene rings is 2. The Bertz CT molecular complexity index is 676. The minimum absolute atomic E-state index is 0.696. The summed E-state index contributed by atoms with van der Waals surface area (Å²) < 4.78 is 6.77. The third-order valence-electron chi connectivity index (χ3n) is 2.48. The molecule has 0 amide bonds. The first-order chi connectivity index (χ1) is 8.63. The third kappa shape index (κ3) is 2.24. The molecular formula is C13H8Cl2OS2. The smallest absolute Gasteiger partial charge is 0.182 e. The minimum Gasteiger partial charge on any atom is -0.446 e. The Morgan fingerprint density at radius 1 is 1.11 bits per heavy atom. The van der Waals surface area contributed by atoms with E-state index in [2.05, 4.69) is 6.92 Å². The van der Waals surface area contributed by atoms with Crippen LogP contribution in [0.2, 0.25) is 10.0 Å². The number of benzene rings is 1. The molecule has 0 atom stereocenters. The number of rotatable bonds is 2. The van der Waals surface area contributed by atoms with Crippen LogP contribution in [0.25, 0.3) is 10.1 Å². The molecule has 3 aromatic rings. The molecule has 1 nitrogen and oxygen atoms in total. The molecule has 0 unspecified atom stereocenters. The van der Waals surface area contributed by atoms with Gasteiger partial charge in [0.2, 0.25) is 0 Å². The summed E-state index contributed by atoms with van der Waals surface area (Å²) in [5.74, 6) is 0.858. The van der Waals surface area contributed by atoms with E-state index in [0.29, 0.717) is 10.0 Å². The van der Waals surface area contributed by atoms with Crippen molar-refractivity contribution in [2.45, 2.75) is 6.92 Å². The Morgan fingerprint density at radius 2 is 1.89 bits per heavy atom. The van der Waals surface area contributed by atoms with Gasteiger partial charge in [0.15, 0.2) is 5.06 Å². The fourth-order valence-electron chi connectivity index (χ4n) is 1.67. The zero-order valence-corrected chi connectivity index (χ0v) is 12.5. The standard InChI is InChI=1S/C13H8Cl2OS2/c1-7-4-8(6-17-7)16-12-5-9-10(14)2-3-11(15)13(9)18-12/h2-6H,1H3. The zero-order valence-electron chi connectivity index (χ0n) is 9.37. The largest absolute Gasteiger partial charge is 0.446 e. The van der Waals surface area contributed by atoms with Gasteiger partial charge < -0.3 is 4.74 Å². The molecule has 0 aliphatic rings. The summed E-state index contributed by atoms with van der Waals surface area (Å²) in [4.78, 5) is 1.22. The van der Waals surface area contributed by atoms with Gasteiger partial charge in [0.1, 0.15) is 5.75 Å². The average Bonchev–Trinajstić information content (AvgIpc) is 2.92. The summed E-state index contributed by atoms with van der Waals surface area (Å²) in [6.45, 7) is 2.05. The second kappa shape index (κ2) is 4.74. The maximum atomic E-state index is 6.15. The maximum Gasteiger partial charge on any atom is 0.182 e. The van der Waals surface area contributed by atoms with Crippen molar-refractivity contribution in [2.75, 3.05) is 0 Å². The van der Waals surface area contributed by atoms with Crippen molar-refractivity contribution in [1.29, 1.82) is 0 Å². The predicted molar refractivity (Wildman–Crippen MR) is 81.0 cm³/mol. The molecule has 0 saturated carbocycles.